The lowest BCUT2D eigenvalue weighted by Gasteiger charge is -2.29. The van der Waals surface area contributed by atoms with Crippen LogP contribution in [-0.4, -0.2) is 41.1 Å². The summed E-state index contributed by atoms with van der Waals surface area (Å²) in [6, 6.07) is 5.50. The van der Waals surface area contributed by atoms with Gasteiger partial charge < -0.3 is 9.64 Å². The molecule has 0 aliphatic carbocycles. The first-order chi connectivity index (χ1) is 12.2. The fraction of sp³-hybridized carbons (Fsp3) is 0.368. The molecule has 0 bridgehead atoms. The van der Waals surface area contributed by atoms with Crippen LogP contribution >= 0.6 is 0 Å². The number of rotatable bonds is 3. The van der Waals surface area contributed by atoms with Gasteiger partial charge >= 0.3 is 0 Å². The van der Waals surface area contributed by atoms with Gasteiger partial charge in [0.25, 0.3) is 0 Å². The molecule has 0 spiro atoms. The maximum Gasteiger partial charge on any atom is 0.148 e. The van der Waals surface area contributed by atoms with Crippen molar-refractivity contribution >= 4 is 16.6 Å². The van der Waals surface area contributed by atoms with Crippen LogP contribution < -0.4 is 4.90 Å². The number of aryl methyl sites for hydroxylation is 2. The van der Waals surface area contributed by atoms with Gasteiger partial charge in [-0.3, -0.25) is 4.68 Å². The molecule has 3 heterocycles. The second kappa shape index (κ2) is 6.44. The highest BCUT2D eigenvalue weighted by atomic mass is 19.1. The first-order valence-corrected chi connectivity index (χ1v) is 8.62. The number of aromatic nitrogens is 3. The molecule has 2 aromatic heterocycles. The van der Waals surface area contributed by atoms with Crippen molar-refractivity contribution in [1.82, 2.24) is 14.8 Å². The topological polar surface area (TPSA) is 43.2 Å². The fourth-order valence-electron chi connectivity index (χ4n) is 3.27. The monoisotopic (exact) mass is 340 g/mol. The van der Waals surface area contributed by atoms with Gasteiger partial charge in [0, 0.05) is 42.8 Å². The number of anilines is 1. The van der Waals surface area contributed by atoms with Gasteiger partial charge in [-0.25, -0.2) is 9.37 Å². The molecule has 1 aromatic carbocycles. The molecule has 5 nitrogen and oxygen atoms in total. The van der Waals surface area contributed by atoms with E-state index in [9.17, 15) is 4.39 Å². The van der Waals surface area contributed by atoms with E-state index in [1.54, 1.807) is 12.3 Å². The zero-order valence-electron chi connectivity index (χ0n) is 14.5. The minimum atomic E-state index is -0.234. The molecule has 0 N–H and O–H groups in total. The molecule has 0 unspecified atom stereocenters. The Morgan fingerprint density at radius 1 is 1.20 bits per heavy atom. The summed E-state index contributed by atoms with van der Waals surface area (Å²) in [6.45, 7) is 7.58. The molecule has 0 amide bonds. The lowest BCUT2D eigenvalue weighted by atomic mass is 10.1. The van der Waals surface area contributed by atoms with Crippen LogP contribution in [0.3, 0.4) is 0 Å². The van der Waals surface area contributed by atoms with Crippen molar-refractivity contribution in [1.29, 1.82) is 0 Å². The maximum atomic E-state index is 14.7. The van der Waals surface area contributed by atoms with E-state index in [1.165, 1.54) is 0 Å². The Bertz CT molecular complexity index is 915. The number of hydrogen-bond donors (Lipinski definition) is 0. The van der Waals surface area contributed by atoms with Crippen LogP contribution in [0, 0.1) is 12.7 Å². The number of hydrogen-bond acceptors (Lipinski definition) is 4. The number of halogens is 1. The van der Waals surface area contributed by atoms with Crippen LogP contribution in [0.25, 0.3) is 22.2 Å². The average molecular weight is 340 g/mol. The average Bonchev–Trinajstić information content (AvgIpc) is 3.11. The van der Waals surface area contributed by atoms with Crippen molar-refractivity contribution < 1.29 is 9.13 Å². The third kappa shape index (κ3) is 2.98. The van der Waals surface area contributed by atoms with E-state index >= 15 is 0 Å². The van der Waals surface area contributed by atoms with Crippen LogP contribution in [0.5, 0.6) is 0 Å². The van der Waals surface area contributed by atoms with Crippen LogP contribution in [-0.2, 0) is 11.3 Å². The first kappa shape index (κ1) is 16.0. The Morgan fingerprint density at radius 3 is 2.72 bits per heavy atom. The molecule has 1 fully saturated rings. The lowest BCUT2D eigenvalue weighted by Crippen LogP contribution is -2.36. The molecule has 1 saturated heterocycles. The van der Waals surface area contributed by atoms with Crippen molar-refractivity contribution in [3.8, 4) is 11.3 Å². The molecular weight excluding hydrogens is 319 g/mol. The Balaban J connectivity index is 1.79. The van der Waals surface area contributed by atoms with Crippen molar-refractivity contribution in [3.63, 3.8) is 0 Å². The largest absolute Gasteiger partial charge is 0.378 e. The zero-order chi connectivity index (χ0) is 17.4. The van der Waals surface area contributed by atoms with Crippen LogP contribution in [0.1, 0.15) is 12.5 Å². The van der Waals surface area contributed by atoms with E-state index in [1.807, 2.05) is 41.8 Å². The number of pyridine rings is 1. The number of ether oxygens (including phenoxy) is 1. The standard InChI is InChI=1S/C19H21FN4O/c1-3-24-12-14(11-21-24)17-8-13(2)15-9-19(16(20)10-18(15)22-17)23-4-6-25-7-5-23/h8-12H,3-7H2,1-2H3. The smallest absolute Gasteiger partial charge is 0.148 e. The predicted octanol–water partition coefficient (Wildman–Crippen LogP) is 3.40. The summed E-state index contributed by atoms with van der Waals surface area (Å²) in [5.41, 5.74) is 4.16. The molecule has 0 radical (unpaired) electrons. The SMILES string of the molecule is CCn1cc(-c2cc(C)c3cc(N4CCOCC4)c(F)cc3n2)cn1. The molecule has 1 aliphatic heterocycles. The second-order valence-electron chi connectivity index (χ2n) is 6.33. The van der Waals surface area contributed by atoms with Crippen molar-refractivity contribution in [3.05, 3.63) is 42.0 Å². The summed E-state index contributed by atoms with van der Waals surface area (Å²) in [5, 5.41) is 5.28. The van der Waals surface area contributed by atoms with E-state index in [0.717, 1.165) is 28.8 Å². The lowest BCUT2D eigenvalue weighted by molar-refractivity contribution is 0.122. The Labute approximate surface area is 146 Å². The van der Waals surface area contributed by atoms with Crippen molar-refractivity contribution in [2.75, 3.05) is 31.2 Å². The predicted molar refractivity (Wildman–Crippen MR) is 96.4 cm³/mol. The van der Waals surface area contributed by atoms with Gasteiger partial charge in [0.05, 0.1) is 36.3 Å². The molecule has 25 heavy (non-hydrogen) atoms. The van der Waals surface area contributed by atoms with Gasteiger partial charge in [0.1, 0.15) is 5.82 Å². The highest BCUT2D eigenvalue weighted by molar-refractivity contribution is 5.88. The number of fused-ring (bicyclic) bond motifs is 1. The van der Waals surface area contributed by atoms with E-state index in [4.69, 9.17) is 4.74 Å². The highest BCUT2D eigenvalue weighted by Crippen LogP contribution is 2.30. The summed E-state index contributed by atoms with van der Waals surface area (Å²) in [5.74, 6) is -0.234. The van der Waals surface area contributed by atoms with Crippen LogP contribution in [0.2, 0.25) is 0 Å². The van der Waals surface area contributed by atoms with Gasteiger partial charge in [-0.1, -0.05) is 0 Å². The van der Waals surface area contributed by atoms with Gasteiger partial charge in [0.15, 0.2) is 0 Å². The van der Waals surface area contributed by atoms with Crippen molar-refractivity contribution in [2.45, 2.75) is 20.4 Å². The third-order valence-electron chi connectivity index (χ3n) is 4.69. The van der Waals surface area contributed by atoms with E-state index in [0.29, 0.717) is 37.5 Å². The Kier molecular flexibility index (Phi) is 4.13. The molecule has 1 aliphatic rings. The molecule has 3 aromatic rings. The molecule has 130 valence electrons. The Hall–Kier alpha value is -2.47. The van der Waals surface area contributed by atoms with Gasteiger partial charge in [-0.2, -0.15) is 5.10 Å². The van der Waals surface area contributed by atoms with Gasteiger partial charge in [-0.15, -0.1) is 0 Å². The van der Waals surface area contributed by atoms with E-state index in [-0.39, 0.29) is 5.82 Å². The summed E-state index contributed by atoms with van der Waals surface area (Å²) in [6.07, 6.45) is 3.77. The molecule has 4 rings (SSSR count). The summed E-state index contributed by atoms with van der Waals surface area (Å²) < 4.78 is 21.9. The summed E-state index contributed by atoms with van der Waals surface area (Å²) in [7, 11) is 0. The third-order valence-corrected chi connectivity index (χ3v) is 4.69. The normalized spacial score (nSPS) is 15.1. The first-order valence-electron chi connectivity index (χ1n) is 8.62. The highest BCUT2D eigenvalue weighted by Gasteiger charge is 2.17. The number of benzene rings is 1. The van der Waals surface area contributed by atoms with Gasteiger partial charge in [-0.05, 0) is 31.5 Å². The fourth-order valence-corrected chi connectivity index (χ4v) is 3.27. The number of nitrogens with zero attached hydrogens (tertiary/aromatic N) is 4. The molecule has 0 atom stereocenters. The zero-order valence-corrected chi connectivity index (χ0v) is 14.5. The minimum absolute atomic E-state index is 0.234. The van der Waals surface area contributed by atoms with Crippen molar-refractivity contribution in [2.24, 2.45) is 0 Å². The quantitative estimate of drug-likeness (QED) is 0.733. The summed E-state index contributed by atoms with van der Waals surface area (Å²) in [4.78, 5) is 6.70. The van der Waals surface area contributed by atoms with Crippen LogP contribution in [0.15, 0.2) is 30.6 Å². The summed E-state index contributed by atoms with van der Waals surface area (Å²) >= 11 is 0. The maximum absolute atomic E-state index is 14.7. The molecule has 0 saturated carbocycles. The van der Waals surface area contributed by atoms with Crippen LogP contribution in [0.4, 0.5) is 10.1 Å². The minimum Gasteiger partial charge on any atom is -0.378 e. The Morgan fingerprint density at radius 2 is 2.00 bits per heavy atom. The van der Waals surface area contributed by atoms with E-state index < -0.39 is 0 Å². The van der Waals surface area contributed by atoms with E-state index in [2.05, 4.69) is 10.1 Å². The van der Waals surface area contributed by atoms with Gasteiger partial charge in [0.2, 0.25) is 0 Å². The number of morpholine rings is 1. The molecular formula is C19H21FN4O. The second-order valence-corrected chi connectivity index (χ2v) is 6.33. The molecule has 6 heteroatoms.